The molecule has 0 fully saturated rings. The standard InChI is InChI=1S/C12H12FN3/c13-10-2-1-3-11(6-10)16-12-4-5-14-7-9(12)8-15-16/h1-3,6,8,14H,4-5,7H2. The molecule has 2 aromatic rings. The van der Waals surface area contributed by atoms with E-state index in [-0.39, 0.29) is 5.82 Å². The summed E-state index contributed by atoms with van der Waals surface area (Å²) in [5.74, 6) is -0.226. The topological polar surface area (TPSA) is 29.9 Å². The first-order chi connectivity index (χ1) is 7.84. The van der Waals surface area contributed by atoms with E-state index in [0.717, 1.165) is 25.2 Å². The van der Waals surface area contributed by atoms with Crippen LogP contribution in [0.3, 0.4) is 0 Å². The van der Waals surface area contributed by atoms with Crippen LogP contribution in [0.25, 0.3) is 5.69 Å². The summed E-state index contributed by atoms with van der Waals surface area (Å²) in [6, 6.07) is 6.54. The lowest BCUT2D eigenvalue weighted by Crippen LogP contribution is -2.24. The van der Waals surface area contributed by atoms with Gasteiger partial charge in [0.15, 0.2) is 0 Å². The number of nitrogens with one attached hydrogen (secondary N) is 1. The van der Waals surface area contributed by atoms with Gasteiger partial charge in [0.05, 0.1) is 11.9 Å². The van der Waals surface area contributed by atoms with Crippen LogP contribution in [-0.4, -0.2) is 16.3 Å². The molecule has 82 valence electrons. The fourth-order valence-corrected chi connectivity index (χ4v) is 2.08. The first-order valence-electron chi connectivity index (χ1n) is 5.37. The van der Waals surface area contributed by atoms with Crippen LogP contribution in [0.2, 0.25) is 0 Å². The lowest BCUT2D eigenvalue weighted by Gasteiger charge is -2.15. The first-order valence-corrected chi connectivity index (χ1v) is 5.37. The maximum Gasteiger partial charge on any atom is 0.125 e. The highest BCUT2D eigenvalue weighted by atomic mass is 19.1. The average Bonchev–Trinajstić information content (AvgIpc) is 2.72. The number of hydrogen-bond acceptors (Lipinski definition) is 2. The third-order valence-corrected chi connectivity index (χ3v) is 2.86. The minimum atomic E-state index is -0.226. The number of nitrogens with zero attached hydrogens (tertiary/aromatic N) is 2. The number of fused-ring (bicyclic) bond motifs is 1. The van der Waals surface area contributed by atoms with Gasteiger partial charge in [-0.15, -0.1) is 0 Å². The number of aromatic nitrogens is 2. The summed E-state index contributed by atoms with van der Waals surface area (Å²) in [4.78, 5) is 0. The van der Waals surface area contributed by atoms with Crippen molar-refractivity contribution < 1.29 is 4.39 Å². The van der Waals surface area contributed by atoms with Gasteiger partial charge in [-0.3, -0.25) is 0 Å². The van der Waals surface area contributed by atoms with E-state index in [1.165, 1.54) is 23.4 Å². The molecule has 0 atom stereocenters. The van der Waals surface area contributed by atoms with Crippen molar-refractivity contribution in [2.75, 3.05) is 6.54 Å². The number of benzene rings is 1. The molecule has 0 saturated heterocycles. The second-order valence-electron chi connectivity index (χ2n) is 3.93. The molecule has 3 nitrogen and oxygen atoms in total. The Hall–Kier alpha value is -1.68. The zero-order valence-corrected chi connectivity index (χ0v) is 8.78. The van der Waals surface area contributed by atoms with Gasteiger partial charge in [0, 0.05) is 30.8 Å². The quantitative estimate of drug-likeness (QED) is 0.787. The second-order valence-corrected chi connectivity index (χ2v) is 3.93. The van der Waals surface area contributed by atoms with Crippen molar-refractivity contribution in [3.63, 3.8) is 0 Å². The largest absolute Gasteiger partial charge is 0.312 e. The first kappa shape index (κ1) is 9.54. The summed E-state index contributed by atoms with van der Waals surface area (Å²) in [7, 11) is 0. The zero-order valence-electron chi connectivity index (χ0n) is 8.78. The molecule has 1 aromatic carbocycles. The molecule has 3 rings (SSSR count). The van der Waals surface area contributed by atoms with E-state index in [2.05, 4.69) is 10.4 Å². The molecule has 2 heterocycles. The van der Waals surface area contributed by atoms with Gasteiger partial charge >= 0.3 is 0 Å². The Morgan fingerprint density at radius 1 is 1.38 bits per heavy atom. The fraction of sp³-hybridized carbons (Fsp3) is 0.250. The van der Waals surface area contributed by atoms with Crippen molar-refractivity contribution in [2.45, 2.75) is 13.0 Å². The highest BCUT2D eigenvalue weighted by Gasteiger charge is 2.15. The van der Waals surface area contributed by atoms with Gasteiger partial charge in [-0.2, -0.15) is 5.10 Å². The van der Waals surface area contributed by atoms with E-state index in [9.17, 15) is 4.39 Å². The molecule has 0 bridgehead atoms. The van der Waals surface area contributed by atoms with Crippen LogP contribution >= 0.6 is 0 Å². The summed E-state index contributed by atoms with van der Waals surface area (Å²) in [6.45, 7) is 1.80. The molecule has 1 aromatic heterocycles. The Labute approximate surface area is 92.9 Å². The van der Waals surface area contributed by atoms with Crippen molar-refractivity contribution in [3.8, 4) is 5.69 Å². The molecular weight excluding hydrogens is 205 g/mol. The molecule has 0 saturated carbocycles. The van der Waals surface area contributed by atoms with Crippen molar-refractivity contribution in [2.24, 2.45) is 0 Å². The maximum absolute atomic E-state index is 13.1. The van der Waals surface area contributed by atoms with Gasteiger partial charge in [0.25, 0.3) is 0 Å². The Kier molecular flexibility index (Phi) is 2.22. The Morgan fingerprint density at radius 2 is 2.31 bits per heavy atom. The van der Waals surface area contributed by atoms with Gasteiger partial charge in [-0.25, -0.2) is 9.07 Å². The molecule has 0 unspecified atom stereocenters. The molecular formula is C12H12FN3. The zero-order chi connectivity index (χ0) is 11.0. The minimum absolute atomic E-state index is 0.226. The Balaban J connectivity index is 2.09. The van der Waals surface area contributed by atoms with E-state index in [1.807, 2.05) is 16.9 Å². The highest BCUT2D eigenvalue weighted by Crippen LogP contribution is 2.18. The average molecular weight is 217 g/mol. The van der Waals surface area contributed by atoms with Crippen LogP contribution in [0.4, 0.5) is 4.39 Å². The molecule has 4 heteroatoms. The highest BCUT2D eigenvalue weighted by molar-refractivity contribution is 5.36. The molecule has 1 aliphatic rings. The summed E-state index contributed by atoms with van der Waals surface area (Å²) in [5.41, 5.74) is 3.18. The van der Waals surface area contributed by atoms with Crippen molar-refractivity contribution in [1.82, 2.24) is 15.1 Å². The number of halogens is 1. The lowest BCUT2D eigenvalue weighted by molar-refractivity contribution is 0.614. The molecule has 0 radical (unpaired) electrons. The SMILES string of the molecule is Fc1cccc(-n2ncc3c2CCNC3)c1. The summed E-state index contributed by atoms with van der Waals surface area (Å²) >= 11 is 0. The van der Waals surface area contributed by atoms with E-state index in [0.29, 0.717) is 0 Å². The molecule has 1 aliphatic heterocycles. The summed E-state index contributed by atoms with van der Waals surface area (Å²) in [5, 5.41) is 7.61. The van der Waals surface area contributed by atoms with Crippen molar-refractivity contribution in [1.29, 1.82) is 0 Å². The number of hydrogen-bond donors (Lipinski definition) is 1. The smallest absolute Gasteiger partial charge is 0.125 e. The van der Waals surface area contributed by atoms with Crippen LogP contribution in [0.1, 0.15) is 11.3 Å². The minimum Gasteiger partial charge on any atom is -0.312 e. The van der Waals surface area contributed by atoms with E-state index in [1.54, 1.807) is 6.07 Å². The van der Waals surface area contributed by atoms with Gasteiger partial charge in [-0.05, 0) is 18.2 Å². The van der Waals surface area contributed by atoms with Gasteiger partial charge in [0.2, 0.25) is 0 Å². The van der Waals surface area contributed by atoms with Crippen LogP contribution in [0.5, 0.6) is 0 Å². The van der Waals surface area contributed by atoms with Crippen LogP contribution in [0.15, 0.2) is 30.5 Å². The van der Waals surface area contributed by atoms with Crippen LogP contribution in [-0.2, 0) is 13.0 Å². The number of rotatable bonds is 1. The molecule has 16 heavy (non-hydrogen) atoms. The molecule has 0 aliphatic carbocycles. The third-order valence-electron chi connectivity index (χ3n) is 2.86. The maximum atomic E-state index is 13.1. The Bertz CT molecular complexity index is 519. The van der Waals surface area contributed by atoms with Gasteiger partial charge in [-0.1, -0.05) is 6.07 Å². The van der Waals surface area contributed by atoms with Crippen LogP contribution < -0.4 is 5.32 Å². The van der Waals surface area contributed by atoms with E-state index < -0.39 is 0 Å². The molecule has 0 amide bonds. The van der Waals surface area contributed by atoms with Crippen molar-refractivity contribution in [3.05, 3.63) is 47.5 Å². The predicted octanol–water partition coefficient (Wildman–Crippen LogP) is 1.66. The van der Waals surface area contributed by atoms with Crippen LogP contribution in [0, 0.1) is 5.82 Å². The predicted molar refractivity (Wildman–Crippen MR) is 58.9 cm³/mol. The fourth-order valence-electron chi connectivity index (χ4n) is 2.08. The lowest BCUT2D eigenvalue weighted by atomic mass is 10.1. The summed E-state index contributed by atoms with van der Waals surface area (Å²) in [6.07, 6.45) is 2.79. The summed E-state index contributed by atoms with van der Waals surface area (Å²) < 4.78 is 15.0. The van der Waals surface area contributed by atoms with Crippen molar-refractivity contribution >= 4 is 0 Å². The molecule has 0 spiro atoms. The Morgan fingerprint density at radius 3 is 3.19 bits per heavy atom. The van der Waals surface area contributed by atoms with E-state index in [4.69, 9.17) is 0 Å². The van der Waals surface area contributed by atoms with E-state index >= 15 is 0 Å². The van der Waals surface area contributed by atoms with Gasteiger partial charge in [0.1, 0.15) is 5.82 Å². The monoisotopic (exact) mass is 217 g/mol. The molecule has 1 N–H and O–H groups in total. The second kappa shape index (κ2) is 3.72. The van der Waals surface area contributed by atoms with Gasteiger partial charge < -0.3 is 5.32 Å². The normalized spacial score (nSPS) is 14.8. The third kappa shape index (κ3) is 1.51.